The van der Waals surface area contributed by atoms with Gasteiger partial charge in [0.15, 0.2) is 11.9 Å². The molecule has 0 radical (unpaired) electrons. The van der Waals surface area contributed by atoms with Crippen LogP contribution < -0.4 is 130 Å². The van der Waals surface area contributed by atoms with E-state index in [9.17, 15) is 136 Å². The summed E-state index contributed by atoms with van der Waals surface area (Å²) in [4.78, 5) is 306. The minimum absolute atomic E-state index is 0.0340. The van der Waals surface area contributed by atoms with Gasteiger partial charge in [-0.15, -0.1) is 0 Å². The molecular formula is C76H129N27O28. The predicted molar refractivity (Wildman–Crippen MR) is 456 cm³/mol. The third-order valence-electron chi connectivity index (χ3n) is 19.5. The number of aliphatic carboxylic acids is 3. The van der Waals surface area contributed by atoms with E-state index in [1.807, 2.05) is 5.32 Å². The molecule has 55 heteroatoms. The molecule has 0 unspecified atom stereocenters. The summed E-state index contributed by atoms with van der Waals surface area (Å²) in [5.41, 5.74) is 32.6. The summed E-state index contributed by atoms with van der Waals surface area (Å²) in [6.45, 7) is 9.53. The van der Waals surface area contributed by atoms with Crippen molar-refractivity contribution in [3.8, 4) is 0 Å². The number of nitrogens with two attached hydrogens (primary N) is 6. The van der Waals surface area contributed by atoms with E-state index in [0.29, 0.717) is 0 Å². The van der Waals surface area contributed by atoms with Crippen LogP contribution in [0.4, 0.5) is 0 Å². The largest absolute Gasteiger partial charge is 0.481 e. The molecule has 736 valence electrons. The number of carboxylic acids is 3. The Morgan fingerprint density at radius 3 is 1.10 bits per heavy atom. The lowest BCUT2D eigenvalue weighted by atomic mass is 10.0. The van der Waals surface area contributed by atoms with Crippen molar-refractivity contribution in [3.05, 3.63) is 0 Å². The molecule has 0 spiro atoms. The number of nitrogens with one attached hydrogen (secondary N) is 20. The van der Waals surface area contributed by atoms with Gasteiger partial charge >= 0.3 is 17.9 Å². The minimum atomic E-state index is -2.13. The molecule has 0 aromatic carbocycles. The molecule has 0 bridgehead atoms. The average molecular weight is 1870 g/mol. The van der Waals surface area contributed by atoms with Gasteiger partial charge in [-0.25, -0.2) is 4.79 Å². The average Bonchev–Trinajstić information content (AvgIpc) is 1.69. The van der Waals surface area contributed by atoms with Crippen LogP contribution in [-0.4, -0.2) is 321 Å². The van der Waals surface area contributed by atoms with Crippen molar-refractivity contribution >= 4 is 148 Å². The van der Waals surface area contributed by atoms with Crippen LogP contribution in [-0.2, 0) is 110 Å². The molecule has 37 N–H and O–H groups in total. The number of amides is 20. The number of primary amides is 3. The molecule has 20 amide bonds. The lowest BCUT2D eigenvalue weighted by Gasteiger charge is -2.31. The van der Waals surface area contributed by atoms with Gasteiger partial charge < -0.3 is 161 Å². The summed E-state index contributed by atoms with van der Waals surface area (Å²) in [5.74, 6) is -27.7. The van der Waals surface area contributed by atoms with Gasteiger partial charge in [0.05, 0.1) is 32.2 Å². The highest BCUT2D eigenvalue weighted by molar-refractivity contribution is 6.02. The monoisotopic (exact) mass is 1870 g/mol. The Morgan fingerprint density at radius 2 is 0.695 bits per heavy atom. The number of carbonyl (C=O) groups excluding carboxylic acids is 20. The van der Waals surface area contributed by atoms with E-state index in [-0.39, 0.29) is 76.9 Å². The lowest BCUT2D eigenvalue weighted by molar-refractivity contribution is -0.143. The molecule has 0 aromatic rings. The predicted octanol–water partition coefficient (Wildman–Crippen LogP) is -13.4. The van der Waals surface area contributed by atoms with E-state index < -0.39 is 334 Å². The third-order valence-corrected chi connectivity index (χ3v) is 19.5. The van der Waals surface area contributed by atoms with Crippen LogP contribution in [0.25, 0.3) is 0 Å². The molecule has 1 fully saturated rings. The minimum Gasteiger partial charge on any atom is -0.481 e. The number of carboxylic acid groups (broad SMARTS) is 3. The molecular weight excluding hydrogens is 1740 g/mol. The first-order valence-corrected chi connectivity index (χ1v) is 41.9. The standard InChI is InChI=1S/C76H129N27O28/c1-33(2)27-46(99-65(121)42(16-20-51(77)106)93-55(110)31-88-72(128)58(80)39(9)105)68(124)92-37(7)61(117)95-44(19-23-56(111)112)67(123)100-47(28-34(3)4)69(125)98-45(18-22-53(79)108)73(129)103-26-12-15-50(103)71(127)97-43(17-21-52(78)107)66(122)101-48(29-57(113)114)70(126)96-41(14-11-25-86-76(83)84)64(120)90-35(5)59(115)87-30-54(109)89-36(6)60(116)94-40(13-10-24-85-75(81)82)63(119)91-38(8)62(118)102-49(32-104)74(130)131/h33-50,58,104-105H,10-32,80H2,1-9H3,(H2,77,106)(H2,78,107)(H2,79,108)(H,87,115)(H,88,128)(H,89,109)(H,90,120)(H,91,119)(H,92,124)(H,93,110)(H,94,116)(H,95,117)(H,96,126)(H,97,127)(H,98,125)(H,99,121)(H,100,123)(H,101,122)(H,102,118)(H,111,112)(H,113,114)(H,130,131)(H4,81,82,85)(H4,83,84,86)/t35-,36-,37-,38-,39+,40-,41-,42-,43-,44-,45-,46-,47-,48-,49-,50-,58-/m0/s1. The van der Waals surface area contributed by atoms with Crippen LogP contribution in [0.1, 0.15) is 171 Å². The highest BCUT2D eigenvalue weighted by atomic mass is 16.4. The van der Waals surface area contributed by atoms with Crippen molar-refractivity contribution < 1.29 is 136 Å². The van der Waals surface area contributed by atoms with Crippen molar-refractivity contribution in [2.75, 3.05) is 39.3 Å². The van der Waals surface area contributed by atoms with Gasteiger partial charge in [-0.1, -0.05) is 27.7 Å². The maximum absolute atomic E-state index is 14.8. The zero-order valence-corrected chi connectivity index (χ0v) is 74.3. The smallest absolute Gasteiger partial charge is 0.328 e. The first-order valence-electron chi connectivity index (χ1n) is 41.9. The number of rotatable bonds is 62. The van der Waals surface area contributed by atoms with E-state index >= 15 is 0 Å². The van der Waals surface area contributed by atoms with Gasteiger partial charge in [-0.2, -0.15) is 0 Å². The summed E-state index contributed by atoms with van der Waals surface area (Å²) in [7, 11) is 0. The highest BCUT2D eigenvalue weighted by Gasteiger charge is 2.42. The molecule has 1 heterocycles. The Morgan fingerprint density at radius 1 is 0.366 bits per heavy atom. The third kappa shape index (κ3) is 45.7. The molecule has 1 saturated heterocycles. The zero-order chi connectivity index (χ0) is 100.0. The molecule has 0 saturated carbocycles. The maximum Gasteiger partial charge on any atom is 0.328 e. The van der Waals surface area contributed by atoms with E-state index in [0.717, 1.165) is 18.7 Å². The highest BCUT2D eigenvalue weighted by Crippen LogP contribution is 2.22. The number of guanidine groups is 2. The number of aliphatic hydroxyl groups is 2. The van der Waals surface area contributed by atoms with Crippen molar-refractivity contribution in [1.82, 2.24) is 101 Å². The fraction of sp³-hybridized carbons (Fsp3) is 0.671. The number of aliphatic hydroxyl groups excluding tert-OH is 2. The van der Waals surface area contributed by atoms with Crippen molar-refractivity contribution in [2.45, 2.75) is 274 Å². The Bertz CT molecular complexity index is 4080. The van der Waals surface area contributed by atoms with Gasteiger partial charge in [-0.05, 0) is 124 Å². The fourth-order valence-electron chi connectivity index (χ4n) is 12.4. The van der Waals surface area contributed by atoms with E-state index in [1.54, 1.807) is 27.7 Å². The molecule has 17 atom stereocenters. The van der Waals surface area contributed by atoms with Gasteiger partial charge in [0, 0.05) is 45.3 Å². The van der Waals surface area contributed by atoms with E-state index in [2.05, 4.69) is 90.4 Å². The Kier molecular flexibility index (Phi) is 51.6. The van der Waals surface area contributed by atoms with Crippen molar-refractivity contribution in [2.24, 2.45) is 46.2 Å². The molecule has 1 aliphatic rings. The summed E-state index contributed by atoms with van der Waals surface area (Å²) in [6, 6.07) is -26.0. The quantitative estimate of drug-likeness (QED) is 0.0153. The second-order valence-corrected chi connectivity index (χ2v) is 31.8. The van der Waals surface area contributed by atoms with Crippen LogP contribution >= 0.6 is 0 Å². The summed E-state index contributed by atoms with van der Waals surface area (Å²) in [5, 5.41) is 105. The molecule has 131 heavy (non-hydrogen) atoms. The normalized spacial score (nSPS) is 15.8. The summed E-state index contributed by atoms with van der Waals surface area (Å²) in [6.07, 6.45) is -8.20. The fourth-order valence-corrected chi connectivity index (χ4v) is 12.4. The second-order valence-electron chi connectivity index (χ2n) is 31.8. The molecule has 55 nitrogen and oxygen atoms in total. The number of hydrogen-bond donors (Lipinski definition) is 31. The Balaban J connectivity index is 3.54. The Labute approximate surface area is 752 Å². The van der Waals surface area contributed by atoms with Crippen LogP contribution in [0, 0.1) is 22.7 Å². The molecule has 1 rings (SSSR count). The van der Waals surface area contributed by atoms with Crippen LogP contribution in [0.3, 0.4) is 0 Å². The first-order chi connectivity index (χ1) is 61.1. The number of carbonyl (C=O) groups is 23. The van der Waals surface area contributed by atoms with Crippen LogP contribution in [0.15, 0.2) is 0 Å². The lowest BCUT2D eigenvalue weighted by Crippen LogP contribution is -2.60. The molecule has 1 aliphatic heterocycles. The van der Waals surface area contributed by atoms with E-state index in [1.165, 1.54) is 20.8 Å². The molecule has 0 aromatic heterocycles. The number of likely N-dealkylation sites (tertiary alicyclic amines) is 1. The SMILES string of the molecule is CC(C)C[C@H](NC(=O)[C@H](CCC(N)=O)NC(=O)CNC(=O)[C@@H](N)[C@@H](C)O)C(=O)N[C@@H](C)C(=O)N[C@@H](CCC(=O)O)C(=O)N[C@@H](CC(C)C)C(=O)N[C@@H](CCC(N)=O)C(=O)N1CCC[C@H]1C(=O)N[C@@H](CCC(N)=O)C(=O)N[C@@H](CC(=O)O)C(=O)N[C@@H](CCCNC(=N)N)C(=O)N[C@@H](C)C(=O)NCC(=O)N[C@@H](C)C(=O)N[C@@H](CCCNC(=N)N)C(=O)N[C@@H](C)C(=O)N[C@@H](CO)C(=O)O. The first kappa shape index (κ1) is 115. The second kappa shape index (κ2) is 58.6. The van der Waals surface area contributed by atoms with Crippen LogP contribution in [0.5, 0.6) is 0 Å². The number of hydrogen-bond acceptors (Lipinski definition) is 28. The number of nitrogens with zero attached hydrogens (tertiary/aromatic N) is 1. The van der Waals surface area contributed by atoms with Gasteiger partial charge in [0.25, 0.3) is 0 Å². The van der Waals surface area contributed by atoms with Crippen molar-refractivity contribution in [1.29, 1.82) is 10.8 Å². The topological polar surface area (TPSA) is 917 Å². The summed E-state index contributed by atoms with van der Waals surface area (Å²) < 4.78 is 0. The molecule has 0 aliphatic carbocycles. The van der Waals surface area contributed by atoms with Crippen LogP contribution in [0.2, 0.25) is 0 Å². The van der Waals surface area contributed by atoms with Gasteiger partial charge in [-0.3, -0.25) is 116 Å². The van der Waals surface area contributed by atoms with Crippen molar-refractivity contribution in [3.63, 3.8) is 0 Å². The Hall–Kier alpha value is -13.8. The maximum atomic E-state index is 14.8. The summed E-state index contributed by atoms with van der Waals surface area (Å²) >= 11 is 0. The van der Waals surface area contributed by atoms with Gasteiger partial charge in [0.2, 0.25) is 118 Å². The van der Waals surface area contributed by atoms with Gasteiger partial charge in [0.1, 0.15) is 96.7 Å². The zero-order valence-electron chi connectivity index (χ0n) is 74.3. The van der Waals surface area contributed by atoms with E-state index in [4.69, 9.17) is 45.2 Å².